The highest BCUT2D eigenvalue weighted by Crippen LogP contribution is 2.27. The van der Waals surface area contributed by atoms with Gasteiger partial charge in [-0.25, -0.2) is 4.98 Å². The maximum atomic E-state index is 4.75. The predicted octanol–water partition coefficient (Wildman–Crippen LogP) is 1.51. The molecular weight excluding hydrogens is 310 g/mol. The van der Waals surface area contributed by atoms with Gasteiger partial charge < -0.3 is 16.0 Å². The molecule has 0 amide bonds. The van der Waals surface area contributed by atoms with Gasteiger partial charge in [-0.3, -0.25) is 0 Å². The van der Waals surface area contributed by atoms with Gasteiger partial charge in [0.1, 0.15) is 5.82 Å². The first-order chi connectivity index (χ1) is 11.3. The molecule has 1 saturated carbocycles. The SMILES string of the molecule is Cc1nnsc1CNc1nc(NC2CC2)nc2c1CCNCC2. The number of nitrogens with zero attached hydrogens (tertiary/aromatic N) is 4. The van der Waals surface area contributed by atoms with Crippen molar-refractivity contribution in [3.05, 3.63) is 21.8 Å². The zero-order chi connectivity index (χ0) is 15.6. The van der Waals surface area contributed by atoms with Crippen LogP contribution in [-0.2, 0) is 19.4 Å². The van der Waals surface area contributed by atoms with Crippen LogP contribution in [0, 0.1) is 6.92 Å². The summed E-state index contributed by atoms with van der Waals surface area (Å²) in [5.41, 5.74) is 3.39. The van der Waals surface area contributed by atoms with Gasteiger partial charge in [0.05, 0.1) is 22.8 Å². The van der Waals surface area contributed by atoms with Gasteiger partial charge in [0.25, 0.3) is 0 Å². The van der Waals surface area contributed by atoms with Crippen LogP contribution in [0.1, 0.15) is 34.7 Å². The van der Waals surface area contributed by atoms with Gasteiger partial charge in [-0.15, -0.1) is 5.10 Å². The van der Waals surface area contributed by atoms with Gasteiger partial charge in [0.15, 0.2) is 0 Å². The molecule has 1 aliphatic carbocycles. The Labute approximate surface area is 139 Å². The second-order valence-electron chi connectivity index (χ2n) is 6.12. The Morgan fingerprint density at radius 1 is 1.22 bits per heavy atom. The van der Waals surface area contributed by atoms with Gasteiger partial charge >= 0.3 is 0 Å². The summed E-state index contributed by atoms with van der Waals surface area (Å²) in [5, 5.41) is 14.4. The fourth-order valence-corrected chi connectivity index (χ4v) is 3.31. The topological polar surface area (TPSA) is 87.7 Å². The average Bonchev–Trinajstić information content (AvgIpc) is 3.30. The van der Waals surface area contributed by atoms with Crippen molar-refractivity contribution in [1.82, 2.24) is 24.9 Å². The molecule has 3 heterocycles. The van der Waals surface area contributed by atoms with E-state index >= 15 is 0 Å². The fourth-order valence-electron chi connectivity index (χ4n) is 2.74. The molecule has 0 unspecified atom stereocenters. The Morgan fingerprint density at radius 2 is 2.09 bits per heavy atom. The summed E-state index contributed by atoms with van der Waals surface area (Å²) in [7, 11) is 0. The van der Waals surface area contributed by atoms with Crippen LogP contribution < -0.4 is 16.0 Å². The van der Waals surface area contributed by atoms with E-state index in [-0.39, 0.29) is 0 Å². The van der Waals surface area contributed by atoms with Gasteiger partial charge in [-0.05, 0) is 44.3 Å². The third-order valence-electron chi connectivity index (χ3n) is 4.26. The molecule has 1 fully saturated rings. The Bertz CT molecular complexity index is 695. The highest BCUT2D eigenvalue weighted by molar-refractivity contribution is 7.05. The summed E-state index contributed by atoms with van der Waals surface area (Å²) in [5.74, 6) is 1.71. The van der Waals surface area contributed by atoms with Crippen LogP contribution in [0.25, 0.3) is 0 Å². The highest BCUT2D eigenvalue weighted by Gasteiger charge is 2.24. The summed E-state index contributed by atoms with van der Waals surface area (Å²) in [6.07, 6.45) is 4.35. The molecule has 8 heteroatoms. The molecular formula is C15H21N7S. The van der Waals surface area contributed by atoms with Crippen molar-refractivity contribution in [2.45, 2.75) is 45.2 Å². The molecule has 0 radical (unpaired) electrons. The lowest BCUT2D eigenvalue weighted by Gasteiger charge is -2.15. The third-order valence-corrected chi connectivity index (χ3v) is 5.08. The van der Waals surface area contributed by atoms with E-state index in [4.69, 9.17) is 9.97 Å². The van der Waals surface area contributed by atoms with Crippen molar-refractivity contribution in [3.8, 4) is 0 Å². The number of aryl methyl sites for hydroxylation is 1. The van der Waals surface area contributed by atoms with E-state index < -0.39 is 0 Å². The molecule has 23 heavy (non-hydrogen) atoms. The molecule has 0 aromatic carbocycles. The van der Waals surface area contributed by atoms with Crippen LogP contribution in [0.5, 0.6) is 0 Å². The number of hydrogen-bond donors (Lipinski definition) is 3. The van der Waals surface area contributed by atoms with Crippen LogP contribution in [0.2, 0.25) is 0 Å². The van der Waals surface area contributed by atoms with Gasteiger partial charge in [-0.1, -0.05) is 4.49 Å². The minimum atomic E-state index is 0.553. The summed E-state index contributed by atoms with van der Waals surface area (Å²) < 4.78 is 4.00. The molecule has 2 aromatic heterocycles. The van der Waals surface area contributed by atoms with Crippen molar-refractivity contribution in [3.63, 3.8) is 0 Å². The lowest BCUT2D eigenvalue weighted by Crippen LogP contribution is -2.16. The molecule has 0 saturated heterocycles. The molecule has 0 spiro atoms. The lowest BCUT2D eigenvalue weighted by molar-refractivity contribution is 0.708. The van der Waals surface area contributed by atoms with E-state index in [2.05, 4.69) is 25.5 Å². The van der Waals surface area contributed by atoms with E-state index in [0.717, 1.165) is 54.0 Å². The van der Waals surface area contributed by atoms with E-state index in [1.807, 2.05) is 6.92 Å². The van der Waals surface area contributed by atoms with Crippen LogP contribution in [0.15, 0.2) is 0 Å². The number of hydrogen-bond acceptors (Lipinski definition) is 8. The smallest absolute Gasteiger partial charge is 0.225 e. The van der Waals surface area contributed by atoms with Crippen molar-refractivity contribution >= 4 is 23.3 Å². The third kappa shape index (κ3) is 3.42. The van der Waals surface area contributed by atoms with Crippen LogP contribution in [0.4, 0.5) is 11.8 Å². The van der Waals surface area contributed by atoms with Crippen LogP contribution in [0.3, 0.4) is 0 Å². The molecule has 2 aromatic rings. The van der Waals surface area contributed by atoms with Gasteiger partial charge in [-0.2, -0.15) is 4.98 Å². The maximum Gasteiger partial charge on any atom is 0.225 e. The number of fused-ring (bicyclic) bond motifs is 1. The summed E-state index contributed by atoms with van der Waals surface area (Å²) in [6.45, 7) is 4.65. The van der Waals surface area contributed by atoms with E-state index in [0.29, 0.717) is 12.6 Å². The molecule has 0 bridgehead atoms. The molecule has 3 N–H and O–H groups in total. The Kier molecular flexibility index (Phi) is 4.09. The molecule has 0 atom stereocenters. The summed E-state index contributed by atoms with van der Waals surface area (Å²) in [4.78, 5) is 10.6. The van der Waals surface area contributed by atoms with Gasteiger partial charge in [0.2, 0.25) is 5.95 Å². The zero-order valence-electron chi connectivity index (χ0n) is 13.2. The minimum Gasteiger partial charge on any atom is -0.365 e. The number of anilines is 2. The Hall–Kier alpha value is -1.80. The second-order valence-corrected chi connectivity index (χ2v) is 6.96. The van der Waals surface area contributed by atoms with Crippen molar-refractivity contribution in [1.29, 1.82) is 0 Å². The summed E-state index contributed by atoms with van der Waals surface area (Å²) in [6, 6.07) is 0.553. The van der Waals surface area contributed by atoms with Crippen molar-refractivity contribution < 1.29 is 0 Å². The van der Waals surface area contributed by atoms with Crippen LogP contribution >= 0.6 is 11.5 Å². The zero-order valence-corrected chi connectivity index (χ0v) is 14.0. The standard InChI is InChI=1S/C15H21N7S/c1-9-13(23-22-21-9)8-17-14-11-4-6-16-7-5-12(11)19-15(20-14)18-10-2-3-10/h10,16H,2-8H2,1H3,(H2,17,18,19,20). The molecule has 2 aliphatic rings. The molecule has 7 nitrogen and oxygen atoms in total. The minimum absolute atomic E-state index is 0.553. The van der Waals surface area contributed by atoms with Crippen molar-refractivity contribution in [2.75, 3.05) is 23.7 Å². The largest absolute Gasteiger partial charge is 0.365 e. The Balaban J connectivity index is 1.60. The molecule has 4 rings (SSSR count). The number of nitrogens with one attached hydrogen (secondary N) is 3. The lowest BCUT2D eigenvalue weighted by atomic mass is 10.1. The van der Waals surface area contributed by atoms with E-state index in [9.17, 15) is 0 Å². The van der Waals surface area contributed by atoms with Crippen molar-refractivity contribution in [2.24, 2.45) is 0 Å². The fraction of sp³-hybridized carbons (Fsp3) is 0.600. The maximum absolute atomic E-state index is 4.75. The van der Waals surface area contributed by atoms with Gasteiger partial charge in [0, 0.05) is 24.6 Å². The monoisotopic (exact) mass is 331 g/mol. The number of aromatic nitrogens is 4. The first-order valence-corrected chi connectivity index (χ1v) is 8.95. The Morgan fingerprint density at radius 3 is 2.87 bits per heavy atom. The first-order valence-electron chi connectivity index (χ1n) is 8.18. The van der Waals surface area contributed by atoms with Crippen LogP contribution in [-0.4, -0.2) is 38.7 Å². The highest BCUT2D eigenvalue weighted by atomic mass is 32.1. The second kappa shape index (κ2) is 6.37. The summed E-state index contributed by atoms with van der Waals surface area (Å²) >= 11 is 1.44. The van der Waals surface area contributed by atoms with E-state index in [1.165, 1.54) is 29.9 Å². The van der Waals surface area contributed by atoms with E-state index in [1.54, 1.807) is 0 Å². The number of rotatable bonds is 5. The predicted molar refractivity (Wildman–Crippen MR) is 90.9 cm³/mol. The first kappa shape index (κ1) is 14.8. The quantitative estimate of drug-likeness (QED) is 0.765. The molecule has 1 aliphatic heterocycles. The molecule has 122 valence electrons. The normalized spacial score (nSPS) is 17.4. The average molecular weight is 331 g/mol.